The lowest BCUT2D eigenvalue weighted by Crippen LogP contribution is -2.46. The van der Waals surface area contributed by atoms with Gasteiger partial charge in [-0.2, -0.15) is 4.98 Å². The topological polar surface area (TPSA) is 118 Å². The van der Waals surface area contributed by atoms with E-state index in [0.717, 1.165) is 74.3 Å². The average Bonchev–Trinajstić information content (AvgIpc) is 3.58. The maximum Gasteiger partial charge on any atom is 0.263 e. The van der Waals surface area contributed by atoms with Crippen LogP contribution in [0.3, 0.4) is 0 Å². The Bertz CT molecular complexity index is 1840. The van der Waals surface area contributed by atoms with Gasteiger partial charge in [-0.3, -0.25) is 19.1 Å². The van der Waals surface area contributed by atoms with Gasteiger partial charge in [-0.25, -0.2) is 9.97 Å². The number of carbonyl (C=O) groups is 1. The fourth-order valence-electron chi connectivity index (χ4n) is 6.45. The second kappa shape index (κ2) is 13.4. The largest absolute Gasteiger partial charge is 0.411 e. The quantitative estimate of drug-likeness (QED) is 0.151. The summed E-state index contributed by atoms with van der Waals surface area (Å²) in [4.78, 5) is 49.3. The first-order valence-corrected chi connectivity index (χ1v) is 20.0. The van der Waals surface area contributed by atoms with Crippen molar-refractivity contribution in [1.29, 1.82) is 0 Å². The van der Waals surface area contributed by atoms with Crippen molar-refractivity contribution in [3.63, 3.8) is 0 Å². The first-order valence-electron chi connectivity index (χ1n) is 17.1. The third-order valence-electron chi connectivity index (χ3n) is 10.4. The van der Waals surface area contributed by atoms with E-state index < -0.39 is 8.32 Å². The summed E-state index contributed by atoms with van der Waals surface area (Å²) in [7, 11) is -1.81. The normalized spacial score (nSPS) is 16.1. The lowest BCUT2D eigenvalue weighted by molar-refractivity contribution is 0.101. The molecule has 0 amide bonds. The summed E-state index contributed by atoms with van der Waals surface area (Å²) in [6.45, 7) is 18.6. The molecule has 1 saturated heterocycles. The minimum atomic E-state index is -1.81. The van der Waals surface area contributed by atoms with E-state index in [1.54, 1.807) is 17.7 Å². The molecule has 0 unspecified atom stereocenters. The molecular weight excluding hydrogens is 621 g/mol. The van der Waals surface area contributed by atoms with Gasteiger partial charge in [-0.15, -0.1) is 0 Å². The molecule has 6 rings (SSSR count). The molecule has 48 heavy (non-hydrogen) atoms. The van der Waals surface area contributed by atoms with Crippen molar-refractivity contribution < 1.29 is 9.22 Å². The van der Waals surface area contributed by atoms with Crippen LogP contribution in [0.4, 0.5) is 23.1 Å². The van der Waals surface area contributed by atoms with Crippen LogP contribution in [-0.2, 0) is 11.0 Å². The van der Waals surface area contributed by atoms with E-state index in [9.17, 15) is 9.59 Å². The molecule has 0 atom stereocenters. The van der Waals surface area contributed by atoms with E-state index in [-0.39, 0.29) is 28.0 Å². The van der Waals surface area contributed by atoms with Crippen LogP contribution in [0.25, 0.3) is 11.0 Å². The molecule has 1 N–H and O–H groups in total. The molecule has 4 aromatic rings. The smallest absolute Gasteiger partial charge is 0.263 e. The number of carbonyl (C=O) groups excluding carboxylic acids is 1. The Morgan fingerprint density at radius 3 is 2.10 bits per heavy atom. The first-order chi connectivity index (χ1) is 22.8. The molecule has 2 fully saturated rings. The van der Waals surface area contributed by atoms with E-state index in [2.05, 4.69) is 77.1 Å². The fraction of sp³-hybridized carbons (Fsp3) is 0.500. The summed E-state index contributed by atoms with van der Waals surface area (Å²) in [5.74, 6) is 0.754. The van der Waals surface area contributed by atoms with Gasteiger partial charge in [-0.05, 0) is 74.7 Å². The predicted octanol–water partition coefficient (Wildman–Crippen LogP) is 6.80. The Kier molecular flexibility index (Phi) is 9.41. The number of fused-ring (bicyclic) bond motifs is 1. The van der Waals surface area contributed by atoms with E-state index in [1.165, 1.54) is 6.92 Å². The molecule has 0 bridgehead atoms. The molecule has 1 aliphatic heterocycles. The average molecular weight is 669 g/mol. The Morgan fingerprint density at radius 1 is 0.938 bits per heavy atom. The predicted molar refractivity (Wildman–Crippen MR) is 194 cm³/mol. The van der Waals surface area contributed by atoms with Gasteiger partial charge < -0.3 is 19.5 Å². The van der Waals surface area contributed by atoms with Crippen molar-refractivity contribution in [2.24, 2.45) is 0 Å². The summed E-state index contributed by atoms with van der Waals surface area (Å²) in [5.41, 5.74) is 4.32. The number of anilines is 4. The summed E-state index contributed by atoms with van der Waals surface area (Å²) < 4.78 is 8.07. The van der Waals surface area contributed by atoms with E-state index in [0.29, 0.717) is 29.6 Å². The van der Waals surface area contributed by atoms with Crippen LogP contribution in [0.2, 0.25) is 18.1 Å². The zero-order valence-electron chi connectivity index (χ0n) is 29.3. The van der Waals surface area contributed by atoms with Crippen LogP contribution < -0.4 is 20.7 Å². The summed E-state index contributed by atoms with van der Waals surface area (Å²) >= 11 is 0. The minimum Gasteiger partial charge on any atom is -0.411 e. The molecule has 2 aliphatic rings. The number of pyridine rings is 3. The highest BCUT2D eigenvalue weighted by atomic mass is 28.4. The molecule has 0 spiro atoms. The standard InChI is InChI=1S/C36H48N8O3Si/c1-24-30-22-39-35(41-33(30)44(27-10-8-9-11-27)34(46)32(24)25(2)45)40-31-15-14-29(21-38-31)43-18-16-42(17-19-43)28-13-12-26(37-20-28)23-47-48(6,7)36(3,4)5/h12-15,20-22,27H,8-11,16-19,23H2,1-7H3,(H,38,39,40,41). The molecule has 1 saturated carbocycles. The Hall–Kier alpha value is -4.16. The SMILES string of the molecule is CC(=O)c1c(C)c2cnc(Nc3ccc(N4CCN(c5ccc(CO[Si](C)(C)C(C)(C)C)nc5)CC4)cn3)nc2n(C2CCCC2)c1=O. The van der Waals surface area contributed by atoms with Crippen molar-refractivity contribution in [3.05, 3.63) is 70.0 Å². The number of Topliss-reactive ketones (excluding diaryl/α,β-unsaturated/α-hetero) is 1. The van der Waals surface area contributed by atoms with E-state index in [4.69, 9.17) is 14.4 Å². The molecule has 0 radical (unpaired) electrons. The van der Waals surface area contributed by atoms with Crippen LogP contribution >= 0.6 is 0 Å². The Morgan fingerprint density at radius 2 is 1.56 bits per heavy atom. The number of rotatable bonds is 9. The van der Waals surface area contributed by atoms with Gasteiger partial charge in [0.2, 0.25) is 5.95 Å². The van der Waals surface area contributed by atoms with Crippen molar-refractivity contribution in [3.8, 4) is 0 Å². The van der Waals surface area contributed by atoms with Crippen LogP contribution in [0.5, 0.6) is 0 Å². The van der Waals surface area contributed by atoms with Gasteiger partial charge in [-0.1, -0.05) is 33.6 Å². The number of aromatic nitrogens is 5. The van der Waals surface area contributed by atoms with Crippen molar-refractivity contribution >= 4 is 48.3 Å². The molecule has 254 valence electrons. The maximum absolute atomic E-state index is 13.5. The minimum absolute atomic E-state index is 0.0296. The number of nitrogens with zero attached hydrogens (tertiary/aromatic N) is 7. The Labute approximate surface area is 283 Å². The second-order valence-corrected chi connectivity index (χ2v) is 19.5. The monoisotopic (exact) mass is 668 g/mol. The molecular formula is C36H48N8O3Si. The lowest BCUT2D eigenvalue weighted by Gasteiger charge is -2.37. The van der Waals surface area contributed by atoms with Crippen molar-refractivity contribution in [2.45, 2.75) is 91.1 Å². The zero-order chi connectivity index (χ0) is 34.2. The van der Waals surface area contributed by atoms with Crippen molar-refractivity contribution in [1.82, 2.24) is 24.5 Å². The number of aryl methyl sites for hydroxylation is 1. The van der Waals surface area contributed by atoms with Gasteiger partial charge in [0.15, 0.2) is 14.1 Å². The first kappa shape index (κ1) is 33.7. The third-order valence-corrected chi connectivity index (χ3v) is 14.9. The van der Waals surface area contributed by atoms with Crippen LogP contribution in [0, 0.1) is 6.92 Å². The number of ketones is 1. The van der Waals surface area contributed by atoms with Gasteiger partial charge in [0, 0.05) is 43.8 Å². The highest BCUT2D eigenvalue weighted by molar-refractivity contribution is 6.74. The summed E-state index contributed by atoms with van der Waals surface area (Å²) in [6, 6.07) is 8.25. The number of piperazine rings is 1. The molecule has 5 heterocycles. The van der Waals surface area contributed by atoms with Gasteiger partial charge in [0.1, 0.15) is 11.5 Å². The molecule has 1 aliphatic carbocycles. The molecule has 4 aromatic heterocycles. The molecule has 11 nitrogen and oxygen atoms in total. The highest BCUT2D eigenvalue weighted by Gasteiger charge is 2.37. The molecule has 12 heteroatoms. The second-order valence-electron chi connectivity index (χ2n) is 14.7. The summed E-state index contributed by atoms with van der Waals surface area (Å²) in [6.07, 6.45) is 9.45. The van der Waals surface area contributed by atoms with Gasteiger partial charge in [0.05, 0.1) is 41.6 Å². The lowest BCUT2D eigenvalue weighted by atomic mass is 10.0. The van der Waals surface area contributed by atoms with Crippen LogP contribution in [-0.4, -0.2) is 64.8 Å². The Balaban J connectivity index is 1.09. The number of hydrogen-bond acceptors (Lipinski definition) is 10. The number of hydrogen-bond donors (Lipinski definition) is 1. The highest BCUT2D eigenvalue weighted by Crippen LogP contribution is 2.37. The zero-order valence-corrected chi connectivity index (χ0v) is 30.3. The van der Waals surface area contributed by atoms with E-state index in [1.807, 2.05) is 18.5 Å². The maximum atomic E-state index is 13.5. The van der Waals surface area contributed by atoms with Gasteiger partial charge in [0.25, 0.3) is 5.56 Å². The van der Waals surface area contributed by atoms with Crippen LogP contribution in [0.15, 0.2) is 47.7 Å². The third kappa shape index (κ3) is 6.86. The van der Waals surface area contributed by atoms with Gasteiger partial charge >= 0.3 is 0 Å². The fourth-order valence-corrected chi connectivity index (χ4v) is 7.39. The van der Waals surface area contributed by atoms with E-state index >= 15 is 0 Å². The number of nitrogens with one attached hydrogen (secondary N) is 1. The summed E-state index contributed by atoms with van der Waals surface area (Å²) in [5, 5.41) is 4.12. The van der Waals surface area contributed by atoms with Crippen molar-refractivity contribution in [2.75, 3.05) is 41.3 Å². The molecule has 0 aromatic carbocycles. The van der Waals surface area contributed by atoms with Crippen LogP contribution in [0.1, 0.15) is 81.0 Å².